The maximum Gasteiger partial charge on any atom is 0.206 e. The fourth-order valence-corrected chi connectivity index (χ4v) is 4.48. The zero-order valence-electron chi connectivity index (χ0n) is 18.0. The first kappa shape index (κ1) is 22.1. The largest absolute Gasteiger partial charge is 0.493 e. The van der Waals surface area contributed by atoms with Crippen molar-refractivity contribution in [2.75, 3.05) is 20.8 Å². The van der Waals surface area contributed by atoms with Crippen LogP contribution >= 0.6 is 11.3 Å². The van der Waals surface area contributed by atoms with E-state index in [0.717, 1.165) is 10.1 Å². The van der Waals surface area contributed by atoms with Crippen molar-refractivity contribution < 1.29 is 23.8 Å². The van der Waals surface area contributed by atoms with Gasteiger partial charge in [0.2, 0.25) is 5.78 Å². The molecule has 33 heavy (non-hydrogen) atoms. The Balaban J connectivity index is 1.64. The summed E-state index contributed by atoms with van der Waals surface area (Å²) in [5.41, 5.74) is 1.32. The van der Waals surface area contributed by atoms with Crippen LogP contribution in [0, 0.1) is 11.3 Å². The minimum Gasteiger partial charge on any atom is -0.493 e. The molecule has 0 radical (unpaired) electrons. The molecule has 0 aliphatic carbocycles. The molecule has 0 saturated carbocycles. The highest BCUT2D eigenvalue weighted by Gasteiger charge is 2.22. The Kier molecular flexibility index (Phi) is 6.38. The zero-order chi connectivity index (χ0) is 23.4. The number of hydrogen-bond acceptors (Lipinski definition) is 7. The summed E-state index contributed by atoms with van der Waals surface area (Å²) in [4.78, 5) is 26.5. The first-order valence-corrected chi connectivity index (χ1v) is 10.8. The van der Waals surface area contributed by atoms with Crippen molar-refractivity contribution in [3.8, 4) is 23.3 Å². The van der Waals surface area contributed by atoms with Crippen LogP contribution < -0.4 is 14.2 Å². The molecule has 0 saturated heterocycles. The number of ether oxygens (including phenoxy) is 3. The lowest BCUT2D eigenvalue weighted by molar-refractivity contribution is 0.0917. The topological polar surface area (TPSA) is 85.6 Å². The van der Waals surface area contributed by atoms with Crippen molar-refractivity contribution in [3.05, 3.63) is 88.3 Å². The van der Waals surface area contributed by atoms with Crippen LogP contribution in [0.5, 0.6) is 17.2 Å². The van der Waals surface area contributed by atoms with E-state index in [9.17, 15) is 9.59 Å². The summed E-state index contributed by atoms with van der Waals surface area (Å²) in [5, 5.41) is 9.77. The van der Waals surface area contributed by atoms with Crippen LogP contribution in [-0.4, -0.2) is 32.4 Å². The van der Waals surface area contributed by atoms with Gasteiger partial charge in [-0.05, 0) is 54.6 Å². The summed E-state index contributed by atoms with van der Waals surface area (Å²) in [7, 11) is 3.03. The first-order valence-electron chi connectivity index (χ1n) is 10.00. The van der Waals surface area contributed by atoms with E-state index in [1.165, 1.54) is 25.6 Å². The van der Waals surface area contributed by atoms with E-state index in [2.05, 4.69) is 0 Å². The summed E-state index contributed by atoms with van der Waals surface area (Å²) < 4.78 is 17.3. The number of nitrogens with zero attached hydrogens (tertiary/aromatic N) is 1. The number of benzene rings is 3. The number of fused-ring (bicyclic) bond motifs is 1. The number of carbonyl (C=O) groups excluding carboxylic acids is 2. The van der Waals surface area contributed by atoms with Gasteiger partial charge in [0, 0.05) is 21.2 Å². The number of Topliss-reactive ketones (excluding diaryl/α,β-unsaturated/α-hetero) is 1. The van der Waals surface area contributed by atoms with Gasteiger partial charge in [-0.2, -0.15) is 5.26 Å². The van der Waals surface area contributed by atoms with Crippen LogP contribution in [0.3, 0.4) is 0 Å². The van der Waals surface area contributed by atoms with Crippen molar-refractivity contribution in [2.24, 2.45) is 0 Å². The summed E-state index contributed by atoms with van der Waals surface area (Å²) in [6.07, 6.45) is 0. The smallest absolute Gasteiger partial charge is 0.206 e. The molecule has 4 aromatic rings. The molecule has 0 fully saturated rings. The maximum atomic E-state index is 13.2. The maximum absolute atomic E-state index is 13.2. The average molecular weight is 458 g/mol. The van der Waals surface area contributed by atoms with Crippen molar-refractivity contribution in [1.29, 1.82) is 5.26 Å². The minimum atomic E-state index is -0.261. The van der Waals surface area contributed by atoms with Crippen molar-refractivity contribution >= 4 is 33.0 Å². The second-order valence-electron chi connectivity index (χ2n) is 7.06. The van der Waals surface area contributed by atoms with Crippen LogP contribution in [0.2, 0.25) is 0 Å². The Morgan fingerprint density at radius 2 is 1.61 bits per heavy atom. The van der Waals surface area contributed by atoms with Crippen LogP contribution in [0.15, 0.2) is 66.7 Å². The van der Waals surface area contributed by atoms with E-state index in [4.69, 9.17) is 19.5 Å². The third-order valence-corrected chi connectivity index (χ3v) is 6.24. The first-order chi connectivity index (χ1) is 16.0. The second kappa shape index (κ2) is 9.55. The van der Waals surface area contributed by atoms with E-state index in [0.29, 0.717) is 38.8 Å². The van der Waals surface area contributed by atoms with Gasteiger partial charge in [0.25, 0.3) is 0 Å². The van der Waals surface area contributed by atoms with E-state index in [-0.39, 0.29) is 18.2 Å². The molecule has 6 nitrogen and oxygen atoms in total. The highest BCUT2D eigenvalue weighted by atomic mass is 32.1. The molecule has 7 heteroatoms. The average Bonchev–Trinajstić information content (AvgIpc) is 3.24. The molecule has 0 aliphatic rings. The van der Waals surface area contributed by atoms with Crippen molar-refractivity contribution in [1.82, 2.24) is 0 Å². The van der Waals surface area contributed by atoms with Gasteiger partial charge in [-0.3, -0.25) is 9.59 Å². The predicted molar refractivity (Wildman–Crippen MR) is 126 cm³/mol. The number of rotatable bonds is 8. The SMILES string of the molecule is COc1ccc(C(=O)COc2c(C(=O)c3ccc(C#N)cc3)sc3ccccc23)cc1OC. The van der Waals surface area contributed by atoms with Gasteiger partial charge < -0.3 is 14.2 Å². The van der Waals surface area contributed by atoms with E-state index >= 15 is 0 Å². The quantitative estimate of drug-likeness (QED) is 0.335. The zero-order valence-corrected chi connectivity index (χ0v) is 18.8. The highest BCUT2D eigenvalue weighted by Crippen LogP contribution is 2.39. The monoisotopic (exact) mass is 457 g/mol. The molecule has 0 N–H and O–H groups in total. The lowest BCUT2D eigenvalue weighted by Gasteiger charge is -2.10. The third kappa shape index (κ3) is 4.43. The Morgan fingerprint density at radius 3 is 2.30 bits per heavy atom. The van der Waals surface area contributed by atoms with Gasteiger partial charge >= 0.3 is 0 Å². The third-order valence-electron chi connectivity index (χ3n) is 5.09. The van der Waals surface area contributed by atoms with Crippen LogP contribution in [0.25, 0.3) is 10.1 Å². The summed E-state index contributed by atoms with van der Waals surface area (Å²) in [5.74, 6) is 0.853. The minimum absolute atomic E-state index is 0.228. The molecule has 0 aliphatic heterocycles. The molecule has 0 unspecified atom stereocenters. The van der Waals surface area contributed by atoms with Crippen LogP contribution in [0.4, 0.5) is 0 Å². The molecule has 1 heterocycles. The molecule has 0 bridgehead atoms. The van der Waals surface area contributed by atoms with Gasteiger partial charge in [0.05, 0.1) is 25.9 Å². The molecule has 0 spiro atoms. The predicted octanol–water partition coefficient (Wildman–Crippen LogP) is 5.28. The Labute approximate surface area is 194 Å². The van der Waals surface area contributed by atoms with Gasteiger partial charge in [-0.25, -0.2) is 0 Å². The number of hydrogen-bond donors (Lipinski definition) is 0. The standard InChI is InChI=1S/C26H19NO5S/c1-30-21-12-11-18(13-22(21)31-2)20(28)15-32-25-19-5-3-4-6-23(19)33-26(25)24(29)17-9-7-16(14-27)8-10-17/h3-13H,15H2,1-2H3. The lowest BCUT2D eigenvalue weighted by atomic mass is 10.1. The molecular formula is C26H19NO5S. The molecule has 0 atom stereocenters. The fraction of sp³-hybridized carbons (Fsp3) is 0.115. The van der Waals surface area contributed by atoms with Gasteiger partial charge in [-0.1, -0.05) is 12.1 Å². The van der Waals surface area contributed by atoms with E-state index in [1.54, 1.807) is 42.5 Å². The Hall–Kier alpha value is -4.15. The molecule has 1 aromatic heterocycles. The lowest BCUT2D eigenvalue weighted by Crippen LogP contribution is -2.13. The summed E-state index contributed by atoms with van der Waals surface area (Å²) in [6.45, 7) is -0.246. The van der Waals surface area contributed by atoms with Crippen LogP contribution in [0.1, 0.15) is 31.2 Å². The number of carbonyl (C=O) groups is 2. The molecule has 0 amide bonds. The number of methoxy groups -OCH3 is 2. The molecule has 164 valence electrons. The van der Waals surface area contributed by atoms with E-state index in [1.807, 2.05) is 30.3 Å². The summed E-state index contributed by atoms with van der Waals surface area (Å²) >= 11 is 1.31. The number of nitriles is 1. The highest BCUT2D eigenvalue weighted by molar-refractivity contribution is 7.21. The van der Waals surface area contributed by atoms with Gasteiger partial charge in [0.15, 0.2) is 23.9 Å². The van der Waals surface area contributed by atoms with Crippen molar-refractivity contribution in [3.63, 3.8) is 0 Å². The second-order valence-corrected chi connectivity index (χ2v) is 8.11. The number of thiophene rings is 1. The Morgan fingerprint density at radius 1 is 0.909 bits per heavy atom. The van der Waals surface area contributed by atoms with E-state index < -0.39 is 0 Å². The fourth-order valence-electron chi connectivity index (χ4n) is 3.37. The molecule has 4 rings (SSSR count). The summed E-state index contributed by atoms with van der Waals surface area (Å²) in [6, 6.07) is 20.9. The Bertz CT molecular complexity index is 1380. The molecule has 3 aromatic carbocycles. The van der Waals surface area contributed by atoms with Gasteiger partial charge in [0.1, 0.15) is 10.6 Å². The van der Waals surface area contributed by atoms with Gasteiger partial charge in [-0.15, -0.1) is 11.3 Å². The normalized spacial score (nSPS) is 10.5. The molecular weight excluding hydrogens is 438 g/mol. The van der Waals surface area contributed by atoms with Crippen LogP contribution in [-0.2, 0) is 0 Å². The van der Waals surface area contributed by atoms with Crippen molar-refractivity contribution in [2.45, 2.75) is 0 Å². The number of ketones is 2.